The number of nitrogens with zero attached hydrogens (tertiary/aromatic N) is 2. The monoisotopic (exact) mass is 499 g/mol. The van der Waals surface area contributed by atoms with Crippen molar-refractivity contribution in [3.05, 3.63) is 106 Å². The summed E-state index contributed by atoms with van der Waals surface area (Å²) in [4.78, 5) is 34.2. The third kappa shape index (κ3) is 4.83. The Bertz CT molecular complexity index is 1460. The van der Waals surface area contributed by atoms with Crippen LogP contribution in [0.25, 0.3) is 10.9 Å². The molecule has 1 aromatic heterocycles. The Morgan fingerprint density at radius 1 is 1.06 bits per heavy atom. The van der Waals surface area contributed by atoms with Crippen molar-refractivity contribution in [2.75, 3.05) is 18.9 Å². The number of amides is 1. The Hall–Kier alpha value is -3.74. The lowest BCUT2D eigenvalue weighted by Gasteiger charge is -2.27. The fourth-order valence-electron chi connectivity index (χ4n) is 4.50. The lowest BCUT2D eigenvalue weighted by Crippen LogP contribution is -2.31. The number of carbonyl (C=O) groups is 2. The zero-order chi connectivity index (χ0) is 25.2. The molecule has 4 aromatic rings. The van der Waals surface area contributed by atoms with Gasteiger partial charge in [0.25, 0.3) is 5.91 Å². The molecule has 5 rings (SSSR count). The number of fused-ring (bicyclic) bond motifs is 2. The highest BCUT2D eigenvalue weighted by atomic mass is 35.5. The van der Waals surface area contributed by atoms with E-state index in [-0.39, 0.29) is 0 Å². The average Bonchev–Trinajstić information content (AvgIpc) is 2.88. The van der Waals surface area contributed by atoms with Crippen LogP contribution in [-0.4, -0.2) is 35.4 Å². The van der Waals surface area contributed by atoms with Gasteiger partial charge in [0.05, 0.1) is 11.1 Å². The molecule has 0 saturated carbocycles. The number of hydrogen-bond acceptors (Lipinski definition) is 5. The summed E-state index contributed by atoms with van der Waals surface area (Å²) in [7, 11) is 2.01. The molecule has 0 spiro atoms. The molecule has 182 valence electrons. The van der Waals surface area contributed by atoms with E-state index in [1.807, 2.05) is 62.5 Å². The third-order valence-corrected chi connectivity index (χ3v) is 6.85. The van der Waals surface area contributed by atoms with Gasteiger partial charge >= 0.3 is 5.97 Å². The van der Waals surface area contributed by atoms with Crippen LogP contribution in [0.5, 0.6) is 0 Å². The van der Waals surface area contributed by atoms with Crippen LogP contribution in [0.4, 0.5) is 5.69 Å². The van der Waals surface area contributed by atoms with E-state index >= 15 is 0 Å². The Labute approximate surface area is 214 Å². The van der Waals surface area contributed by atoms with Crippen molar-refractivity contribution in [3.8, 4) is 0 Å². The van der Waals surface area contributed by atoms with Crippen LogP contribution in [0.2, 0.25) is 5.02 Å². The average molecular weight is 500 g/mol. The number of esters is 1. The van der Waals surface area contributed by atoms with Crippen LogP contribution < -0.4 is 5.32 Å². The van der Waals surface area contributed by atoms with Crippen LogP contribution in [0.3, 0.4) is 0 Å². The van der Waals surface area contributed by atoms with E-state index < -0.39 is 18.0 Å². The number of anilines is 1. The quantitative estimate of drug-likeness (QED) is 0.355. The van der Waals surface area contributed by atoms with E-state index in [0.717, 1.165) is 35.3 Å². The molecule has 36 heavy (non-hydrogen) atoms. The van der Waals surface area contributed by atoms with Gasteiger partial charge in [-0.05, 0) is 37.7 Å². The number of halogens is 1. The number of benzene rings is 3. The number of likely N-dealkylation sites (N-methyl/N-ethyl adjacent to an activating group) is 1. The molecule has 1 amide bonds. The fourth-order valence-corrected chi connectivity index (χ4v) is 4.68. The Kier molecular flexibility index (Phi) is 6.72. The van der Waals surface area contributed by atoms with E-state index in [0.29, 0.717) is 33.8 Å². The topological polar surface area (TPSA) is 71.5 Å². The van der Waals surface area contributed by atoms with Crippen LogP contribution in [0.15, 0.2) is 72.8 Å². The summed E-state index contributed by atoms with van der Waals surface area (Å²) in [6.45, 7) is 3.34. The van der Waals surface area contributed by atoms with Crippen molar-refractivity contribution < 1.29 is 14.3 Å². The molecule has 3 aromatic carbocycles. The van der Waals surface area contributed by atoms with Crippen molar-refractivity contribution in [1.29, 1.82) is 0 Å². The van der Waals surface area contributed by atoms with Crippen molar-refractivity contribution >= 4 is 40.1 Å². The van der Waals surface area contributed by atoms with Gasteiger partial charge in [0.15, 0.2) is 0 Å². The fraction of sp³-hybridized carbons (Fsp3) is 0.207. The molecule has 7 heteroatoms. The van der Waals surface area contributed by atoms with Gasteiger partial charge in [-0.25, -0.2) is 4.79 Å². The van der Waals surface area contributed by atoms with E-state index in [9.17, 15) is 9.59 Å². The van der Waals surface area contributed by atoms with Gasteiger partial charge in [-0.1, -0.05) is 66.2 Å². The second kappa shape index (κ2) is 10.1. The van der Waals surface area contributed by atoms with E-state index in [4.69, 9.17) is 21.3 Å². The van der Waals surface area contributed by atoms with Crippen molar-refractivity contribution in [1.82, 2.24) is 9.88 Å². The minimum Gasteiger partial charge on any atom is -0.444 e. The number of hydrogen-bond donors (Lipinski definition) is 1. The lowest BCUT2D eigenvalue weighted by atomic mass is 9.96. The second-order valence-electron chi connectivity index (χ2n) is 9.07. The second-order valence-corrected chi connectivity index (χ2v) is 9.47. The van der Waals surface area contributed by atoms with Gasteiger partial charge in [-0.3, -0.25) is 9.78 Å². The zero-order valence-corrected chi connectivity index (χ0v) is 20.9. The molecule has 1 atom stereocenters. The molecule has 0 bridgehead atoms. The maximum Gasteiger partial charge on any atom is 0.340 e. The summed E-state index contributed by atoms with van der Waals surface area (Å²) in [5.74, 6) is -1.01. The van der Waals surface area contributed by atoms with E-state index in [1.54, 1.807) is 24.3 Å². The van der Waals surface area contributed by atoms with Crippen LogP contribution in [-0.2, 0) is 22.5 Å². The third-order valence-electron chi connectivity index (χ3n) is 6.45. The van der Waals surface area contributed by atoms with Crippen LogP contribution in [0.1, 0.15) is 38.8 Å². The Morgan fingerprint density at radius 3 is 2.58 bits per heavy atom. The molecular weight excluding hydrogens is 474 g/mol. The van der Waals surface area contributed by atoms with Crippen molar-refractivity contribution in [2.45, 2.75) is 26.0 Å². The first-order valence-corrected chi connectivity index (χ1v) is 12.2. The molecule has 1 aliphatic heterocycles. The highest BCUT2D eigenvalue weighted by molar-refractivity contribution is 6.31. The summed E-state index contributed by atoms with van der Waals surface area (Å²) in [6, 6.07) is 21.8. The van der Waals surface area contributed by atoms with Gasteiger partial charge in [0.1, 0.15) is 0 Å². The zero-order valence-electron chi connectivity index (χ0n) is 20.1. The molecule has 0 aliphatic carbocycles. The predicted molar refractivity (Wildman–Crippen MR) is 141 cm³/mol. The largest absolute Gasteiger partial charge is 0.444 e. The summed E-state index contributed by atoms with van der Waals surface area (Å²) >= 11 is 6.25. The SMILES string of the molecule is Cc1ccc(NC(=O)C(OC(=O)c2c3c(nc4ccccc24)CCN(C)C3)c2ccccc2)cc1Cl. The van der Waals surface area contributed by atoms with Crippen LogP contribution >= 0.6 is 11.6 Å². The highest BCUT2D eigenvalue weighted by Gasteiger charge is 2.30. The van der Waals surface area contributed by atoms with Gasteiger partial charge in [-0.2, -0.15) is 0 Å². The Balaban J connectivity index is 1.53. The molecule has 2 heterocycles. The van der Waals surface area contributed by atoms with Gasteiger partial charge in [-0.15, -0.1) is 0 Å². The maximum atomic E-state index is 13.8. The lowest BCUT2D eigenvalue weighted by molar-refractivity contribution is -0.125. The number of ether oxygens (including phenoxy) is 1. The summed E-state index contributed by atoms with van der Waals surface area (Å²) in [5, 5.41) is 4.11. The van der Waals surface area contributed by atoms with Gasteiger partial charge in [0.2, 0.25) is 6.10 Å². The first kappa shape index (κ1) is 24.0. The van der Waals surface area contributed by atoms with Crippen molar-refractivity contribution in [2.24, 2.45) is 0 Å². The number of aryl methyl sites for hydroxylation is 1. The van der Waals surface area contributed by atoms with E-state index in [2.05, 4.69) is 10.2 Å². The summed E-state index contributed by atoms with van der Waals surface area (Å²) < 4.78 is 5.99. The Morgan fingerprint density at radius 2 is 1.81 bits per heavy atom. The standard InChI is InChI=1S/C29H26ClN3O3/c1-18-12-13-20(16-23(18)30)31-28(34)27(19-8-4-3-5-9-19)36-29(35)26-21-10-6-7-11-24(21)32-25-14-15-33(2)17-22(25)26/h3-13,16,27H,14-15,17H2,1-2H3,(H,31,34). The normalized spacial score (nSPS) is 14.2. The molecule has 1 N–H and O–H groups in total. The van der Waals surface area contributed by atoms with Gasteiger partial charge in [0, 0.05) is 52.4 Å². The maximum absolute atomic E-state index is 13.8. The number of rotatable bonds is 5. The number of para-hydroxylation sites is 1. The molecule has 0 saturated heterocycles. The van der Waals surface area contributed by atoms with Crippen LogP contribution in [0, 0.1) is 6.92 Å². The molecule has 6 nitrogen and oxygen atoms in total. The number of pyridine rings is 1. The first-order valence-electron chi connectivity index (χ1n) is 11.8. The summed E-state index contributed by atoms with van der Waals surface area (Å²) in [6.07, 6.45) is -0.407. The predicted octanol–water partition coefficient (Wildman–Crippen LogP) is 5.72. The summed E-state index contributed by atoms with van der Waals surface area (Å²) in [5.41, 5.74) is 4.96. The van der Waals surface area contributed by atoms with Crippen molar-refractivity contribution in [3.63, 3.8) is 0 Å². The van der Waals surface area contributed by atoms with Gasteiger partial charge < -0.3 is 15.0 Å². The molecule has 0 radical (unpaired) electrons. The molecule has 1 aliphatic rings. The number of carbonyl (C=O) groups excluding carboxylic acids is 2. The number of nitrogens with one attached hydrogen (secondary N) is 1. The molecule has 1 unspecified atom stereocenters. The smallest absolute Gasteiger partial charge is 0.340 e. The molecular formula is C29H26ClN3O3. The number of aromatic nitrogens is 1. The molecule has 0 fully saturated rings. The van der Waals surface area contributed by atoms with E-state index in [1.165, 1.54) is 0 Å². The first-order chi connectivity index (χ1) is 17.4. The minimum absolute atomic E-state index is 0.459. The minimum atomic E-state index is -1.15. The highest BCUT2D eigenvalue weighted by Crippen LogP contribution is 2.31.